The van der Waals surface area contributed by atoms with Gasteiger partial charge in [0.05, 0.1) is 12.6 Å². The summed E-state index contributed by atoms with van der Waals surface area (Å²) in [5.41, 5.74) is 1.22. The van der Waals surface area contributed by atoms with Gasteiger partial charge >= 0.3 is 0 Å². The molecule has 5 heteroatoms. The summed E-state index contributed by atoms with van der Waals surface area (Å²) in [7, 11) is 1.57. The highest BCUT2D eigenvalue weighted by Crippen LogP contribution is 2.12. The van der Waals surface area contributed by atoms with E-state index in [-0.39, 0.29) is 17.9 Å². The Morgan fingerprint density at radius 3 is 2.86 bits per heavy atom. The second-order valence-electron chi connectivity index (χ2n) is 5.29. The van der Waals surface area contributed by atoms with Gasteiger partial charge in [0.25, 0.3) is 0 Å². The molecule has 1 aromatic rings. The Bertz CT molecular complexity index is 476. The number of nitrogens with zero attached hydrogens (tertiary/aromatic N) is 1. The number of rotatable bonds is 7. The summed E-state index contributed by atoms with van der Waals surface area (Å²) in [6.07, 6.45) is 1.58. The smallest absolute Gasteiger partial charge is 0.224 e. The number of methoxy groups -OCH3 is 1. The van der Waals surface area contributed by atoms with E-state index in [1.807, 2.05) is 23.1 Å². The van der Waals surface area contributed by atoms with Gasteiger partial charge in [0.2, 0.25) is 11.8 Å². The van der Waals surface area contributed by atoms with E-state index in [2.05, 4.69) is 17.4 Å². The van der Waals surface area contributed by atoms with Crippen LogP contribution in [-0.2, 0) is 20.7 Å². The molecule has 0 spiro atoms. The molecular weight excluding hydrogens is 268 g/mol. The fraction of sp³-hybridized carbons (Fsp3) is 0.500. The van der Waals surface area contributed by atoms with Gasteiger partial charge in [-0.2, -0.15) is 0 Å². The molecule has 0 bridgehead atoms. The molecule has 0 aliphatic carbocycles. The van der Waals surface area contributed by atoms with Crippen molar-refractivity contribution in [2.75, 3.05) is 26.8 Å². The lowest BCUT2D eigenvalue weighted by Gasteiger charge is -2.17. The van der Waals surface area contributed by atoms with Gasteiger partial charge < -0.3 is 15.0 Å². The van der Waals surface area contributed by atoms with Gasteiger partial charge in [0.15, 0.2) is 0 Å². The number of benzene rings is 1. The highest BCUT2D eigenvalue weighted by atomic mass is 16.5. The molecular formula is C16H22N2O3. The normalized spacial score (nSPS) is 18.0. The number of nitrogens with one attached hydrogen (secondary N) is 1. The highest BCUT2D eigenvalue weighted by molar-refractivity contribution is 5.82. The van der Waals surface area contributed by atoms with Crippen LogP contribution in [0.3, 0.4) is 0 Å². The zero-order valence-electron chi connectivity index (χ0n) is 12.4. The first kappa shape index (κ1) is 15.5. The minimum absolute atomic E-state index is 0.0560. The van der Waals surface area contributed by atoms with E-state index < -0.39 is 0 Å². The molecule has 1 N–H and O–H groups in total. The Balaban J connectivity index is 1.76. The minimum Gasteiger partial charge on any atom is -0.384 e. The number of hydrogen-bond donors (Lipinski definition) is 1. The number of likely N-dealkylation sites (tertiary alicyclic amines) is 1. The first-order valence-corrected chi connectivity index (χ1v) is 7.29. The molecule has 1 aliphatic heterocycles. The van der Waals surface area contributed by atoms with Gasteiger partial charge in [0.1, 0.15) is 0 Å². The number of hydrogen-bond acceptors (Lipinski definition) is 3. The summed E-state index contributed by atoms with van der Waals surface area (Å²) in [5.74, 6) is 0.0579. The number of amides is 2. The molecule has 1 aromatic carbocycles. The molecule has 5 nitrogen and oxygen atoms in total. The fourth-order valence-electron chi connectivity index (χ4n) is 2.49. The van der Waals surface area contributed by atoms with Crippen LogP contribution < -0.4 is 5.32 Å². The fourth-order valence-corrected chi connectivity index (χ4v) is 2.49. The van der Waals surface area contributed by atoms with Crippen molar-refractivity contribution in [2.45, 2.75) is 25.3 Å². The van der Waals surface area contributed by atoms with E-state index in [1.54, 1.807) is 7.11 Å². The van der Waals surface area contributed by atoms with Crippen molar-refractivity contribution in [3.8, 4) is 0 Å². The lowest BCUT2D eigenvalue weighted by molar-refractivity contribution is -0.127. The SMILES string of the molecule is COCCC(=O)N[C@H]1CC(=O)N(CCc2ccccc2)C1. The van der Waals surface area contributed by atoms with E-state index >= 15 is 0 Å². The predicted octanol–water partition coefficient (Wildman–Crippen LogP) is 0.983. The first-order valence-electron chi connectivity index (χ1n) is 7.29. The molecule has 1 fully saturated rings. The van der Waals surface area contributed by atoms with Crippen LogP contribution in [0.1, 0.15) is 18.4 Å². The van der Waals surface area contributed by atoms with Gasteiger partial charge in [0, 0.05) is 33.0 Å². The molecule has 2 amide bonds. The maximum absolute atomic E-state index is 12.0. The average Bonchev–Trinajstić information content (AvgIpc) is 2.84. The van der Waals surface area contributed by atoms with E-state index in [4.69, 9.17) is 4.74 Å². The van der Waals surface area contributed by atoms with E-state index in [0.717, 1.165) is 6.42 Å². The van der Waals surface area contributed by atoms with Gasteiger partial charge in [-0.1, -0.05) is 30.3 Å². The van der Waals surface area contributed by atoms with Crippen molar-refractivity contribution in [3.05, 3.63) is 35.9 Å². The summed E-state index contributed by atoms with van der Waals surface area (Å²) >= 11 is 0. The van der Waals surface area contributed by atoms with Crippen molar-refractivity contribution < 1.29 is 14.3 Å². The second kappa shape index (κ2) is 7.78. The van der Waals surface area contributed by atoms with E-state index in [0.29, 0.717) is 32.5 Å². The Hall–Kier alpha value is -1.88. The van der Waals surface area contributed by atoms with Crippen molar-refractivity contribution >= 4 is 11.8 Å². The molecule has 1 atom stereocenters. The van der Waals surface area contributed by atoms with Crippen LogP contribution in [0, 0.1) is 0 Å². The van der Waals surface area contributed by atoms with Gasteiger partial charge in [-0.25, -0.2) is 0 Å². The van der Waals surface area contributed by atoms with Crippen LogP contribution in [0.2, 0.25) is 0 Å². The maximum Gasteiger partial charge on any atom is 0.224 e. The van der Waals surface area contributed by atoms with Crippen molar-refractivity contribution in [3.63, 3.8) is 0 Å². The topological polar surface area (TPSA) is 58.6 Å². The Morgan fingerprint density at radius 2 is 2.14 bits per heavy atom. The van der Waals surface area contributed by atoms with Crippen LogP contribution in [0.4, 0.5) is 0 Å². The molecule has 0 radical (unpaired) electrons. The van der Waals surface area contributed by atoms with Crippen molar-refractivity contribution in [1.82, 2.24) is 10.2 Å². The molecule has 114 valence electrons. The Kier molecular flexibility index (Phi) is 5.75. The van der Waals surface area contributed by atoms with Gasteiger partial charge in [-0.05, 0) is 12.0 Å². The van der Waals surface area contributed by atoms with Gasteiger partial charge in [-0.3, -0.25) is 9.59 Å². The number of carbonyl (C=O) groups is 2. The summed E-state index contributed by atoms with van der Waals surface area (Å²) in [5, 5.41) is 2.89. The van der Waals surface area contributed by atoms with Gasteiger partial charge in [-0.15, -0.1) is 0 Å². The third-order valence-corrected chi connectivity index (χ3v) is 3.63. The van der Waals surface area contributed by atoms with Crippen LogP contribution in [0.25, 0.3) is 0 Å². The maximum atomic E-state index is 12.0. The third kappa shape index (κ3) is 4.86. The quantitative estimate of drug-likeness (QED) is 0.814. The summed E-state index contributed by atoms with van der Waals surface area (Å²) in [6.45, 7) is 1.71. The molecule has 1 saturated heterocycles. The second-order valence-corrected chi connectivity index (χ2v) is 5.29. The monoisotopic (exact) mass is 290 g/mol. The molecule has 21 heavy (non-hydrogen) atoms. The molecule has 0 aromatic heterocycles. The first-order chi connectivity index (χ1) is 10.2. The molecule has 1 aliphatic rings. The third-order valence-electron chi connectivity index (χ3n) is 3.63. The zero-order valence-corrected chi connectivity index (χ0v) is 12.4. The van der Waals surface area contributed by atoms with E-state index in [1.165, 1.54) is 5.56 Å². The van der Waals surface area contributed by atoms with Crippen LogP contribution in [0.15, 0.2) is 30.3 Å². The number of carbonyl (C=O) groups excluding carboxylic acids is 2. The average molecular weight is 290 g/mol. The van der Waals surface area contributed by atoms with Crippen LogP contribution in [0.5, 0.6) is 0 Å². The standard InChI is InChI=1S/C16H22N2O3/c1-21-10-8-15(19)17-14-11-16(20)18(12-14)9-7-13-5-3-2-4-6-13/h2-6,14H,7-12H2,1H3,(H,17,19)/t14-/m0/s1. The minimum atomic E-state index is -0.0716. The van der Waals surface area contributed by atoms with E-state index in [9.17, 15) is 9.59 Å². The predicted molar refractivity (Wildman–Crippen MR) is 79.8 cm³/mol. The summed E-state index contributed by atoms with van der Waals surface area (Å²) in [6, 6.07) is 10.0. The Morgan fingerprint density at radius 1 is 1.38 bits per heavy atom. The lowest BCUT2D eigenvalue weighted by atomic mass is 10.1. The molecule has 0 unspecified atom stereocenters. The van der Waals surface area contributed by atoms with Crippen molar-refractivity contribution in [2.24, 2.45) is 0 Å². The highest BCUT2D eigenvalue weighted by Gasteiger charge is 2.29. The molecule has 2 rings (SSSR count). The van der Waals surface area contributed by atoms with Crippen LogP contribution >= 0.6 is 0 Å². The number of ether oxygens (including phenoxy) is 1. The van der Waals surface area contributed by atoms with Crippen LogP contribution in [-0.4, -0.2) is 49.6 Å². The molecule has 0 saturated carbocycles. The van der Waals surface area contributed by atoms with Crippen molar-refractivity contribution in [1.29, 1.82) is 0 Å². The largest absolute Gasteiger partial charge is 0.384 e. The lowest BCUT2D eigenvalue weighted by Crippen LogP contribution is -2.37. The zero-order chi connectivity index (χ0) is 15.1. The summed E-state index contributed by atoms with van der Waals surface area (Å²) in [4.78, 5) is 25.4. The molecule has 1 heterocycles. The Labute approximate surface area is 125 Å². The summed E-state index contributed by atoms with van der Waals surface area (Å²) < 4.78 is 4.87.